The summed E-state index contributed by atoms with van der Waals surface area (Å²) in [5.41, 5.74) is 14.1. The molecule has 4 rings (SSSR count). The quantitative estimate of drug-likeness (QED) is 0.405. The number of hydrazine groups is 1. The highest BCUT2D eigenvalue weighted by atomic mass is 35.5. The third-order valence-corrected chi connectivity index (χ3v) is 7.05. The predicted octanol–water partition coefficient (Wildman–Crippen LogP) is 3.66. The lowest BCUT2D eigenvalue weighted by molar-refractivity contribution is 0.457. The van der Waals surface area contributed by atoms with Crippen molar-refractivity contribution in [3.63, 3.8) is 0 Å². The molecule has 8 nitrogen and oxygen atoms in total. The van der Waals surface area contributed by atoms with Gasteiger partial charge in [0.2, 0.25) is 0 Å². The standard InChI is InChI=1S/C18H16Cl2FN5O3S2/c19-9-1-2-14(10(3-9)11-6-24-25-18(11)22)29-15-5-13(21)16(4-12(15)20)31(27,28)26-17-7-30-8-23-17/h1-5,7-8,11,18,24-26H,6,22H2. The Bertz CT molecular complexity index is 1210. The summed E-state index contributed by atoms with van der Waals surface area (Å²) < 4.78 is 47.8. The molecular formula is C18H16Cl2FN5O3S2. The van der Waals surface area contributed by atoms with E-state index in [9.17, 15) is 12.8 Å². The fourth-order valence-electron chi connectivity index (χ4n) is 3.09. The predicted molar refractivity (Wildman–Crippen MR) is 118 cm³/mol. The highest BCUT2D eigenvalue weighted by Gasteiger charge is 2.29. The number of aromatic nitrogens is 1. The smallest absolute Gasteiger partial charge is 0.266 e. The molecular weight excluding hydrogens is 488 g/mol. The number of sulfonamides is 1. The molecule has 2 atom stereocenters. The van der Waals surface area contributed by atoms with E-state index in [1.165, 1.54) is 22.2 Å². The van der Waals surface area contributed by atoms with E-state index in [1.807, 2.05) is 0 Å². The van der Waals surface area contributed by atoms with Crippen LogP contribution in [0.25, 0.3) is 0 Å². The Morgan fingerprint density at radius 2 is 2.06 bits per heavy atom. The Labute approximate surface area is 191 Å². The first kappa shape index (κ1) is 22.2. The zero-order valence-electron chi connectivity index (χ0n) is 15.6. The second-order valence-corrected chi connectivity index (χ2v) is 9.85. The molecule has 1 aliphatic heterocycles. The number of ether oxygens (including phenoxy) is 1. The number of nitrogens with zero attached hydrogens (tertiary/aromatic N) is 1. The molecule has 1 aliphatic rings. The minimum Gasteiger partial charge on any atom is -0.455 e. The van der Waals surface area contributed by atoms with E-state index < -0.39 is 26.9 Å². The maximum absolute atomic E-state index is 14.7. The van der Waals surface area contributed by atoms with Crippen LogP contribution in [0.5, 0.6) is 11.5 Å². The largest absolute Gasteiger partial charge is 0.455 e. The fraction of sp³-hybridized carbons (Fsp3) is 0.167. The summed E-state index contributed by atoms with van der Waals surface area (Å²) in [5.74, 6) is -0.796. The number of thiazole rings is 1. The van der Waals surface area contributed by atoms with E-state index in [0.29, 0.717) is 22.9 Å². The Morgan fingerprint density at radius 3 is 2.74 bits per heavy atom. The third-order valence-electron chi connectivity index (χ3n) is 4.56. The Morgan fingerprint density at radius 1 is 1.26 bits per heavy atom. The van der Waals surface area contributed by atoms with Crippen LogP contribution in [0.4, 0.5) is 10.2 Å². The number of rotatable bonds is 6. The molecule has 0 aliphatic carbocycles. The molecule has 1 aromatic heterocycles. The van der Waals surface area contributed by atoms with E-state index in [-0.39, 0.29) is 22.5 Å². The zero-order chi connectivity index (χ0) is 22.2. The molecule has 5 N–H and O–H groups in total. The molecule has 2 unspecified atom stereocenters. The summed E-state index contributed by atoms with van der Waals surface area (Å²) in [4.78, 5) is 3.21. The van der Waals surface area contributed by atoms with Crippen LogP contribution in [0.3, 0.4) is 0 Å². The van der Waals surface area contributed by atoms with Gasteiger partial charge < -0.3 is 10.5 Å². The second kappa shape index (κ2) is 8.87. The summed E-state index contributed by atoms with van der Waals surface area (Å²) >= 11 is 13.6. The van der Waals surface area contributed by atoms with Gasteiger partial charge in [-0.1, -0.05) is 23.2 Å². The van der Waals surface area contributed by atoms with E-state index in [0.717, 1.165) is 12.1 Å². The van der Waals surface area contributed by atoms with Gasteiger partial charge in [-0.3, -0.25) is 10.1 Å². The topological polar surface area (TPSA) is 118 Å². The molecule has 3 aromatic rings. The first-order valence-corrected chi connectivity index (χ1v) is 12.0. The molecule has 1 fully saturated rings. The molecule has 2 aromatic carbocycles. The SMILES string of the molecule is NC1NNCC1c1cc(Cl)ccc1Oc1cc(F)c(S(=O)(=O)Nc2cscn2)cc1Cl. The van der Waals surface area contributed by atoms with Gasteiger partial charge in [-0.15, -0.1) is 11.3 Å². The fourth-order valence-corrected chi connectivity index (χ4v) is 5.18. The number of hydrogen-bond donors (Lipinski definition) is 4. The van der Waals surface area contributed by atoms with Gasteiger partial charge in [0.05, 0.1) is 16.7 Å². The summed E-state index contributed by atoms with van der Waals surface area (Å²) in [5, 5.41) is 1.87. The van der Waals surface area contributed by atoms with Crippen LogP contribution in [0.2, 0.25) is 10.0 Å². The number of benzene rings is 2. The molecule has 1 saturated heterocycles. The minimum absolute atomic E-state index is 0.0529. The van der Waals surface area contributed by atoms with Gasteiger partial charge in [0, 0.05) is 34.5 Å². The molecule has 2 heterocycles. The van der Waals surface area contributed by atoms with Crippen molar-refractivity contribution in [2.75, 3.05) is 11.3 Å². The van der Waals surface area contributed by atoms with Crippen molar-refractivity contribution >= 4 is 50.4 Å². The summed E-state index contributed by atoms with van der Waals surface area (Å²) in [6.45, 7) is 0.527. The molecule has 0 amide bonds. The van der Waals surface area contributed by atoms with E-state index in [2.05, 4.69) is 20.6 Å². The lowest BCUT2D eigenvalue weighted by Crippen LogP contribution is -2.38. The number of hydrogen-bond acceptors (Lipinski definition) is 8. The average molecular weight is 504 g/mol. The third kappa shape index (κ3) is 4.77. The first-order chi connectivity index (χ1) is 14.7. The van der Waals surface area contributed by atoms with Crippen LogP contribution >= 0.6 is 34.5 Å². The minimum atomic E-state index is -4.23. The van der Waals surface area contributed by atoms with Crippen molar-refractivity contribution in [1.82, 2.24) is 15.8 Å². The second-order valence-electron chi connectivity index (χ2n) is 6.63. The molecule has 164 valence electrons. The molecule has 0 radical (unpaired) electrons. The molecule has 0 bridgehead atoms. The van der Waals surface area contributed by atoms with Crippen LogP contribution in [0, 0.1) is 5.82 Å². The summed E-state index contributed by atoms with van der Waals surface area (Å²) in [6, 6.07) is 6.84. The van der Waals surface area contributed by atoms with Crippen LogP contribution in [0.1, 0.15) is 11.5 Å². The zero-order valence-corrected chi connectivity index (χ0v) is 18.7. The van der Waals surface area contributed by atoms with Gasteiger partial charge in [0.1, 0.15) is 22.2 Å². The normalized spacial score (nSPS) is 18.8. The van der Waals surface area contributed by atoms with E-state index in [1.54, 1.807) is 18.2 Å². The highest BCUT2D eigenvalue weighted by molar-refractivity contribution is 7.92. The molecule has 13 heteroatoms. The van der Waals surface area contributed by atoms with Crippen molar-refractivity contribution in [3.8, 4) is 11.5 Å². The van der Waals surface area contributed by atoms with Gasteiger partial charge in [0.25, 0.3) is 10.0 Å². The van der Waals surface area contributed by atoms with E-state index >= 15 is 0 Å². The molecule has 0 saturated carbocycles. The Kier molecular flexibility index (Phi) is 6.35. The van der Waals surface area contributed by atoms with Crippen molar-refractivity contribution < 1.29 is 17.5 Å². The number of nitrogens with two attached hydrogens (primary N) is 1. The lowest BCUT2D eigenvalue weighted by atomic mass is 9.97. The maximum atomic E-state index is 14.7. The monoisotopic (exact) mass is 503 g/mol. The van der Waals surface area contributed by atoms with Crippen molar-refractivity contribution in [3.05, 3.63) is 62.6 Å². The number of nitrogens with one attached hydrogen (secondary N) is 3. The van der Waals surface area contributed by atoms with Crippen molar-refractivity contribution in [1.29, 1.82) is 0 Å². The Balaban J connectivity index is 1.66. The maximum Gasteiger partial charge on any atom is 0.266 e. The van der Waals surface area contributed by atoms with Gasteiger partial charge >= 0.3 is 0 Å². The first-order valence-electron chi connectivity index (χ1n) is 8.86. The highest BCUT2D eigenvalue weighted by Crippen LogP contribution is 2.38. The van der Waals surface area contributed by atoms with Crippen LogP contribution in [-0.4, -0.2) is 26.1 Å². The summed E-state index contributed by atoms with van der Waals surface area (Å²) in [6.07, 6.45) is -0.391. The van der Waals surface area contributed by atoms with Gasteiger partial charge in [-0.25, -0.2) is 23.2 Å². The molecule has 31 heavy (non-hydrogen) atoms. The van der Waals surface area contributed by atoms with Crippen LogP contribution in [-0.2, 0) is 10.0 Å². The van der Waals surface area contributed by atoms with Crippen LogP contribution in [0.15, 0.2) is 46.1 Å². The van der Waals surface area contributed by atoms with Gasteiger partial charge in [0.15, 0.2) is 5.82 Å². The van der Waals surface area contributed by atoms with Crippen molar-refractivity contribution in [2.24, 2.45) is 5.73 Å². The summed E-state index contributed by atoms with van der Waals surface area (Å²) in [7, 11) is -4.23. The Hall–Kier alpha value is -1.99. The van der Waals surface area contributed by atoms with Crippen molar-refractivity contribution in [2.45, 2.75) is 17.0 Å². The number of halogens is 3. The average Bonchev–Trinajstić information content (AvgIpc) is 3.36. The van der Waals surface area contributed by atoms with E-state index in [4.69, 9.17) is 33.7 Å². The van der Waals surface area contributed by atoms with Gasteiger partial charge in [-0.05, 0) is 24.3 Å². The molecule has 0 spiro atoms. The number of anilines is 1. The van der Waals surface area contributed by atoms with Crippen LogP contribution < -0.4 is 26.0 Å². The lowest BCUT2D eigenvalue weighted by Gasteiger charge is -2.19. The van der Waals surface area contributed by atoms with Gasteiger partial charge in [-0.2, -0.15) is 0 Å².